The highest BCUT2D eigenvalue weighted by Gasteiger charge is 2.10. The van der Waals surface area contributed by atoms with E-state index >= 15 is 0 Å². The molecular weight excluding hydrogens is 186 g/mol. The molecule has 0 radical (unpaired) electrons. The fraction of sp³-hybridized carbons (Fsp3) is 1.00. The van der Waals surface area contributed by atoms with Gasteiger partial charge in [0.1, 0.15) is 0 Å². The van der Waals surface area contributed by atoms with Gasteiger partial charge < -0.3 is 10.8 Å². The Morgan fingerprint density at radius 3 is 2.31 bits per heavy atom. The fourth-order valence-corrected chi connectivity index (χ4v) is 1.48. The molecule has 0 aromatic heterocycles. The lowest BCUT2D eigenvalue weighted by atomic mass is 9.93. The first-order valence-corrected chi connectivity index (χ1v) is 5.11. The van der Waals surface area contributed by atoms with Gasteiger partial charge in [-0.05, 0) is 12.3 Å². The van der Waals surface area contributed by atoms with Gasteiger partial charge in [0, 0.05) is 6.04 Å². The summed E-state index contributed by atoms with van der Waals surface area (Å²) in [6.07, 6.45) is 5.98. The Hall–Kier alpha value is 0.210. The van der Waals surface area contributed by atoms with Gasteiger partial charge >= 0.3 is 0 Å². The molecule has 0 fully saturated rings. The van der Waals surface area contributed by atoms with Crippen LogP contribution < -0.4 is 5.73 Å². The van der Waals surface area contributed by atoms with Gasteiger partial charge in [0.25, 0.3) is 0 Å². The van der Waals surface area contributed by atoms with E-state index < -0.39 is 0 Å². The molecule has 0 rings (SSSR count). The second-order valence-electron chi connectivity index (χ2n) is 3.59. The highest BCUT2D eigenvalue weighted by Crippen LogP contribution is 2.17. The minimum Gasteiger partial charge on any atom is -0.395 e. The lowest BCUT2D eigenvalue weighted by molar-refractivity contribution is 0.239. The van der Waals surface area contributed by atoms with Crippen molar-refractivity contribution in [2.45, 2.75) is 52.0 Å². The number of halogens is 1. The van der Waals surface area contributed by atoms with E-state index in [1.807, 2.05) is 0 Å². The summed E-state index contributed by atoms with van der Waals surface area (Å²) in [7, 11) is 0. The third kappa shape index (κ3) is 8.54. The molecule has 0 aliphatic carbocycles. The summed E-state index contributed by atoms with van der Waals surface area (Å²) >= 11 is 0. The summed E-state index contributed by atoms with van der Waals surface area (Å²) < 4.78 is 0. The number of unbranched alkanes of at least 4 members (excludes halogenated alkanes) is 1. The molecule has 2 atom stereocenters. The monoisotopic (exact) mass is 209 g/mol. The molecule has 0 heterocycles. The maximum absolute atomic E-state index is 8.78. The Morgan fingerprint density at radius 1 is 1.31 bits per heavy atom. The molecule has 0 saturated heterocycles. The molecule has 2 nitrogen and oxygen atoms in total. The van der Waals surface area contributed by atoms with Gasteiger partial charge in [-0.3, -0.25) is 0 Å². The number of rotatable bonds is 7. The van der Waals surface area contributed by atoms with Gasteiger partial charge in [-0.1, -0.05) is 39.5 Å². The van der Waals surface area contributed by atoms with Gasteiger partial charge in [-0.15, -0.1) is 12.4 Å². The summed E-state index contributed by atoms with van der Waals surface area (Å²) in [4.78, 5) is 0. The molecule has 0 saturated carbocycles. The normalized spacial score (nSPS) is 14.8. The van der Waals surface area contributed by atoms with Crippen molar-refractivity contribution < 1.29 is 5.11 Å². The molecule has 0 amide bonds. The van der Waals surface area contributed by atoms with Crippen molar-refractivity contribution in [3.8, 4) is 0 Å². The molecule has 13 heavy (non-hydrogen) atoms. The van der Waals surface area contributed by atoms with E-state index in [4.69, 9.17) is 10.8 Å². The second-order valence-corrected chi connectivity index (χ2v) is 3.59. The zero-order valence-corrected chi connectivity index (χ0v) is 9.65. The van der Waals surface area contributed by atoms with Crippen LogP contribution in [-0.2, 0) is 0 Å². The lowest BCUT2D eigenvalue weighted by Gasteiger charge is -2.17. The minimum absolute atomic E-state index is 0. The molecule has 3 heteroatoms. The SMILES string of the molecule is CCCCC(CC)CC(N)CO.Cl. The topological polar surface area (TPSA) is 46.2 Å². The van der Waals surface area contributed by atoms with E-state index in [1.165, 1.54) is 25.7 Å². The second kappa shape index (κ2) is 10.3. The van der Waals surface area contributed by atoms with Crippen LogP contribution in [0.4, 0.5) is 0 Å². The molecule has 0 aliphatic rings. The predicted molar refractivity (Wildman–Crippen MR) is 60.2 cm³/mol. The predicted octanol–water partition coefficient (Wildman–Crippen LogP) is 2.33. The Balaban J connectivity index is 0. The minimum atomic E-state index is -0.00759. The van der Waals surface area contributed by atoms with Gasteiger partial charge in [0.2, 0.25) is 0 Å². The van der Waals surface area contributed by atoms with Crippen molar-refractivity contribution in [3.63, 3.8) is 0 Å². The van der Waals surface area contributed by atoms with E-state index in [0.29, 0.717) is 5.92 Å². The molecule has 0 bridgehead atoms. The molecule has 2 unspecified atom stereocenters. The first-order valence-electron chi connectivity index (χ1n) is 5.11. The van der Waals surface area contributed by atoms with E-state index in [0.717, 1.165) is 6.42 Å². The Bertz CT molecular complexity index is 101. The number of nitrogens with two attached hydrogens (primary N) is 1. The van der Waals surface area contributed by atoms with Crippen LogP contribution in [0.3, 0.4) is 0 Å². The van der Waals surface area contributed by atoms with Gasteiger partial charge in [0.05, 0.1) is 6.61 Å². The molecular formula is C10H24ClNO. The van der Waals surface area contributed by atoms with Gasteiger partial charge in [0.15, 0.2) is 0 Å². The van der Waals surface area contributed by atoms with Crippen molar-refractivity contribution in [3.05, 3.63) is 0 Å². The highest BCUT2D eigenvalue weighted by molar-refractivity contribution is 5.85. The van der Waals surface area contributed by atoms with Crippen LogP contribution in [0.5, 0.6) is 0 Å². The fourth-order valence-electron chi connectivity index (χ4n) is 1.48. The van der Waals surface area contributed by atoms with E-state index in [2.05, 4.69) is 13.8 Å². The number of hydrogen-bond acceptors (Lipinski definition) is 2. The Morgan fingerprint density at radius 2 is 1.92 bits per heavy atom. The third-order valence-corrected chi connectivity index (χ3v) is 2.41. The largest absolute Gasteiger partial charge is 0.395 e. The average molecular weight is 210 g/mol. The van der Waals surface area contributed by atoms with Crippen LogP contribution >= 0.6 is 12.4 Å². The number of aliphatic hydroxyl groups excluding tert-OH is 1. The first kappa shape index (κ1) is 15.7. The molecule has 0 aromatic rings. The Kier molecular flexibility index (Phi) is 12.4. The lowest BCUT2D eigenvalue weighted by Crippen LogP contribution is -2.27. The first-order chi connectivity index (χ1) is 5.74. The summed E-state index contributed by atoms with van der Waals surface area (Å²) in [6.45, 7) is 4.53. The van der Waals surface area contributed by atoms with Crippen LogP contribution in [0.25, 0.3) is 0 Å². The van der Waals surface area contributed by atoms with Crippen molar-refractivity contribution >= 4 is 12.4 Å². The van der Waals surface area contributed by atoms with Crippen molar-refractivity contribution in [1.29, 1.82) is 0 Å². The third-order valence-electron chi connectivity index (χ3n) is 2.41. The Labute approximate surface area is 88.3 Å². The standard InChI is InChI=1S/C10H23NO.ClH/c1-3-5-6-9(4-2)7-10(11)8-12;/h9-10,12H,3-8,11H2,1-2H3;1H. The summed E-state index contributed by atoms with van der Waals surface area (Å²) in [5.74, 6) is 0.715. The smallest absolute Gasteiger partial charge is 0.0582 e. The van der Waals surface area contributed by atoms with Crippen LogP contribution in [0.1, 0.15) is 46.0 Å². The zero-order valence-electron chi connectivity index (χ0n) is 8.83. The van der Waals surface area contributed by atoms with Crippen LogP contribution in [0.2, 0.25) is 0 Å². The van der Waals surface area contributed by atoms with Crippen LogP contribution in [0.15, 0.2) is 0 Å². The van der Waals surface area contributed by atoms with Gasteiger partial charge in [-0.2, -0.15) is 0 Å². The van der Waals surface area contributed by atoms with Crippen LogP contribution in [-0.4, -0.2) is 17.8 Å². The van der Waals surface area contributed by atoms with Crippen molar-refractivity contribution in [1.82, 2.24) is 0 Å². The zero-order chi connectivity index (χ0) is 9.40. The highest BCUT2D eigenvalue weighted by atomic mass is 35.5. The van der Waals surface area contributed by atoms with E-state index in [9.17, 15) is 0 Å². The average Bonchev–Trinajstić information content (AvgIpc) is 2.11. The summed E-state index contributed by atoms with van der Waals surface area (Å²) in [5.41, 5.74) is 5.67. The molecule has 0 aliphatic heterocycles. The summed E-state index contributed by atoms with van der Waals surface area (Å²) in [6, 6.07) is -0.00759. The van der Waals surface area contributed by atoms with Crippen molar-refractivity contribution in [2.24, 2.45) is 11.7 Å². The van der Waals surface area contributed by atoms with E-state index in [1.54, 1.807) is 0 Å². The maximum Gasteiger partial charge on any atom is 0.0582 e. The van der Waals surface area contributed by atoms with Crippen molar-refractivity contribution in [2.75, 3.05) is 6.61 Å². The number of hydrogen-bond donors (Lipinski definition) is 2. The van der Waals surface area contributed by atoms with E-state index in [-0.39, 0.29) is 25.1 Å². The molecule has 3 N–H and O–H groups in total. The quantitative estimate of drug-likeness (QED) is 0.676. The molecule has 0 spiro atoms. The summed E-state index contributed by atoms with van der Waals surface area (Å²) in [5, 5.41) is 8.78. The van der Waals surface area contributed by atoms with Crippen LogP contribution in [0, 0.1) is 5.92 Å². The maximum atomic E-state index is 8.78. The molecule has 0 aromatic carbocycles. The number of aliphatic hydroxyl groups is 1. The molecule has 82 valence electrons. The van der Waals surface area contributed by atoms with Gasteiger partial charge in [-0.25, -0.2) is 0 Å².